The normalized spacial score (nSPS) is 12.5. The van der Waals surface area contributed by atoms with Gasteiger partial charge in [0.25, 0.3) is 10.0 Å². The van der Waals surface area contributed by atoms with Gasteiger partial charge >= 0.3 is 0 Å². The number of carbonyl (C=O) groups is 2. The number of ether oxygens (including phenoxy) is 1. The number of halogens is 1. The van der Waals surface area contributed by atoms with Crippen molar-refractivity contribution >= 4 is 39.1 Å². The van der Waals surface area contributed by atoms with Crippen molar-refractivity contribution < 1.29 is 22.7 Å². The van der Waals surface area contributed by atoms with E-state index in [1.807, 2.05) is 58.0 Å². The molecule has 2 unspecified atom stereocenters. The number of sulfonamides is 1. The van der Waals surface area contributed by atoms with E-state index in [0.717, 1.165) is 21.9 Å². The molecule has 4 aromatic rings. The molecule has 46 heavy (non-hydrogen) atoms. The minimum atomic E-state index is -4.20. The van der Waals surface area contributed by atoms with E-state index in [4.69, 9.17) is 16.3 Å². The van der Waals surface area contributed by atoms with Crippen LogP contribution >= 0.6 is 11.6 Å². The predicted octanol–water partition coefficient (Wildman–Crippen LogP) is 7.36. The summed E-state index contributed by atoms with van der Waals surface area (Å²) in [5.74, 6) is 0.315. The molecule has 0 aliphatic carbocycles. The van der Waals surface area contributed by atoms with Crippen molar-refractivity contribution in [2.45, 2.75) is 64.1 Å². The summed E-state index contributed by atoms with van der Waals surface area (Å²) in [6.45, 7) is 7.12. The van der Waals surface area contributed by atoms with Crippen LogP contribution in [0, 0.1) is 6.92 Å². The van der Waals surface area contributed by atoms with Gasteiger partial charge in [-0.3, -0.25) is 13.9 Å². The van der Waals surface area contributed by atoms with Gasteiger partial charge in [0.1, 0.15) is 24.1 Å². The number of anilines is 1. The molecule has 2 amide bonds. The quantitative estimate of drug-likeness (QED) is 0.152. The molecule has 0 saturated carbocycles. The first-order chi connectivity index (χ1) is 22.0. The van der Waals surface area contributed by atoms with E-state index < -0.39 is 28.5 Å². The fourth-order valence-corrected chi connectivity index (χ4v) is 6.36. The number of carbonyl (C=O) groups excluding carboxylic acids is 2. The Hall–Kier alpha value is -4.34. The molecule has 0 spiro atoms. The summed E-state index contributed by atoms with van der Waals surface area (Å²) in [6.07, 6.45) is 1.05. The van der Waals surface area contributed by atoms with Crippen LogP contribution in [0.15, 0.2) is 108 Å². The number of benzene rings is 4. The molecule has 0 bridgehead atoms. The number of nitrogens with one attached hydrogen (secondary N) is 1. The summed E-state index contributed by atoms with van der Waals surface area (Å²) < 4.78 is 35.3. The SMILES string of the molecule is CCC(C)NC(=O)C(CC)N(Cc1ccc(Cl)cc1)C(=O)CN(c1ccc(Oc2ccccc2)cc1)S(=O)(=O)c1ccc(C)cc1. The third-order valence-electron chi connectivity index (χ3n) is 7.64. The van der Waals surface area contributed by atoms with Crippen LogP contribution in [0.1, 0.15) is 44.7 Å². The summed E-state index contributed by atoms with van der Waals surface area (Å²) in [5.41, 5.74) is 1.93. The second-order valence-electron chi connectivity index (χ2n) is 11.1. The minimum absolute atomic E-state index is 0.0429. The molecule has 0 heterocycles. The molecule has 0 radical (unpaired) electrons. The largest absolute Gasteiger partial charge is 0.457 e. The van der Waals surface area contributed by atoms with Gasteiger partial charge in [-0.2, -0.15) is 0 Å². The molecule has 0 saturated heterocycles. The lowest BCUT2D eigenvalue weighted by atomic mass is 10.1. The lowest BCUT2D eigenvalue weighted by Crippen LogP contribution is -2.53. The summed E-state index contributed by atoms with van der Waals surface area (Å²) in [4.78, 5) is 29.2. The number of amides is 2. The maximum atomic E-state index is 14.3. The fraction of sp³-hybridized carbons (Fsp3) is 0.278. The van der Waals surface area contributed by atoms with Crippen LogP contribution in [0.25, 0.3) is 0 Å². The van der Waals surface area contributed by atoms with Crippen molar-refractivity contribution in [2.24, 2.45) is 0 Å². The van der Waals surface area contributed by atoms with Crippen LogP contribution in [0.5, 0.6) is 11.5 Å². The first-order valence-electron chi connectivity index (χ1n) is 15.3. The highest BCUT2D eigenvalue weighted by Gasteiger charge is 2.34. The van der Waals surface area contributed by atoms with Gasteiger partial charge in [-0.05, 0) is 92.9 Å². The lowest BCUT2D eigenvalue weighted by Gasteiger charge is -2.33. The number of hydrogen-bond donors (Lipinski definition) is 1. The van der Waals surface area contributed by atoms with Gasteiger partial charge in [0.15, 0.2) is 0 Å². The topological polar surface area (TPSA) is 96.0 Å². The van der Waals surface area contributed by atoms with Crippen molar-refractivity contribution in [1.82, 2.24) is 10.2 Å². The van der Waals surface area contributed by atoms with E-state index in [-0.39, 0.29) is 29.1 Å². The zero-order chi connectivity index (χ0) is 33.3. The molecule has 8 nitrogen and oxygen atoms in total. The Morgan fingerprint density at radius 1 is 0.826 bits per heavy atom. The second kappa shape index (κ2) is 15.8. The van der Waals surface area contributed by atoms with Gasteiger partial charge in [0.05, 0.1) is 10.6 Å². The van der Waals surface area contributed by atoms with Crippen molar-refractivity contribution in [1.29, 1.82) is 0 Å². The Morgan fingerprint density at radius 3 is 2.02 bits per heavy atom. The number of nitrogens with zero attached hydrogens (tertiary/aromatic N) is 2. The fourth-order valence-electron chi connectivity index (χ4n) is 4.82. The van der Waals surface area contributed by atoms with E-state index in [1.54, 1.807) is 60.7 Å². The van der Waals surface area contributed by atoms with Gasteiger partial charge in [0.2, 0.25) is 11.8 Å². The molecule has 0 fully saturated rings. The minimum Gasteiger partial charge on any atom is -0.457 e. The third kappa shape index (κ3) is 8.89. The highest BCUT2D eigenvalue weighted by Crippen LogP contribution is 2.29. The maximum absolute atomic E-state index is 14.3. The highest BCUT2D eigenvalue weighted by molar-refractivity contribution is 7.92. The molecular formula is C36H40ClN3O5S. The summed E-state index contributed by atoms with van der Waals surface area (Å²) in [5, 5.41) is 3.52. The molecule has 2 atom stereocenters. The first-order valence-corrected chi connectivity index (χ1v) is 17.1. The van der Waals surface area contributed by atoms with Gasteiger partial charge in [-0.15, -0.1) is 0 Å². The number of aryl methyl sites for hydroxylation is 1. The van der Waals surface area contributed by atoms with Crippen LogP contribution in [-0.4, -0.2) is 43.8 Å². The smallest absolute Gasteiger partial charge is 0.264 e. The van der Waals surface area contributed by atoms with Crippen LogP contribution in [-0.2, 0) is 26.2 Å². The molecule has 10 heteroatoms. The standard InChI is InChI=1S/C36H40ClN3O5S/c1-5-27(4)38-36(42)34(6-2)39(24-28-14-16-29(37)17-15-28)35(41)25-40(46(43,44)33-22-12-26(3)13-23-33)30-18-20-32(21-19-30)45-31-10-8-7-9-11-31/h7-23,27,34H,5-6,24-25H2,1-4H3,(H,38,42). The zero-order valence-electron chi connectivity index (χ0n) is 26.5. The molecule has 1 N–H and O–H groups in total. The van der Waals surface area contributed by atoms with E-state index in [0.29, 0.717) is 22.9 Å². The van der Waals surface area contributed by atoms with Gasteiger partial charge in [0, 0.05) is 17.6 Å². The van der Waals surface area contributed by atoms with Crippen LogP contribution in [0.4, 0.5) is 5.69 Å². The van der Waals surface area contributed by atoms with Crippen LogP contribution < -0.4 is 14.4 Å². The van der Waals surface area contributed by atoms with Crippen LogP contribution in [0.2, 0.25) is 5.02 Å². The first kappa shape index (κ1) is 34.5. The average molecular weight is 662 g/mol. The summed E-state index contributed by atoms with van der Waals surface area (Å²) in [7, 11) is -4.20. The Bertz CT molecular complexity index is 1700. The van der Waals surface area contributed by atoms with Crippen molar-refractivity contribution in [2.75, 3.05) is 10.8 Å². The van der Waals surface area contributed by atoms with E-state index in [1.165, 1.54) is 17.0 Å². The Kier molecular flexibility index (Phi) is 11.8. The third-order valence-corrected chi connectivity index (χ3v) is 9.68. The van der Waals surface area contributed by atoms with Crippen molar-refractivity contribution in [3.05, 3.63) is 119 Å². The Morgan fingerprint density at radius 2 is 1.43 bits per heavy atom. The Balaban J connectivity index is 1.72. The zero-order valence-corrected chi connectivity index (χ0v) is 28.1. The molecular weight excluding hydrogens is 622 g/mol. The van der Waals surface area contributed by atoms with Crippen molar-refractivity contribution in [3.63, 3.8) is 0 Å². The average Bonchev–Trinajstić information content (AvgIpc) is 3.05. The second-order valence-corrected chi connectivity index (χ2v) is 13.4. The molecule has 0 aromatic heterocycles. The predicted molar refractivity (Wildman–Crippen MR) is 183 cm³/mol. The molecule has 242 valence electrons. The molecule has 4 rings (SSSR count). The molecule has 0 aliphatic rings. The number of para-hydroxylation sites is 1. The van der Waals surface area contributed by atoms with E-state index in [9.17, 15) is 18.0 Å². The maximum Gasteiger partial charge on any atom is 0.264 e. The highest BCUT2D eigenvalue weighted by atomic mass is 35.5. The van der Waals surface area contributed by atoms with Gasteiger partial charge in [-0.1, -0.05) is 73.5 Å². The lowest BCUT2D eigenvalue weighted by molar-refractivity contribution is -0.140. The Labute approximate surface area is 277 Å². The summed E-state index contributed by atoms with van der Waals surface area (Å²) in [6, 6.07) is 28.3. The van der Waals surface area contributed by atoms with E-state index in [2.05, 4.69) is 5.32 Å². The molecule has 4 aromatic carbocycles. The van der Waals surface area contributed by atoms with Gasteiger partial charge in [-0.25, -0.2) is 8.42 Å². The van der Waals surface area contributed by atoms with Gasteiger partial charge < -0.3 is 15.0 Å². The van der Waals surface area contributed by atoms with Crippen molar-refractivity contribution in [3.8, 4) is 11.5 Å². The molecule has 0 aliphatic heterocycles. The van der Waals surface area contributed by atoms with Crippen LogP contribution in [0.3, 0.4) is 0 Å². The number of rotatable bonds is 14. The van der Waals surface area contributed by atoms with E-state index >= 15 is 0 Å². The number of hydrogen-bond acceptors (Lipinski definition) is 5. The monoisotopic (exact) mass is 661 g/mol. The summed E-state index contributed by atoms with van der Waals surface area (Å²) >= 11 is 6.11.